The monoisotopic (exact) mass is 249 g/mol. The first-order valence-corrected chi connectivity index (χ1v) is 6.80. The molecule has 3 rings (SSSR count). The molecule has 0 amide bonds. The molecule has 1 fully saturated rings. The maximum atomic E-state index is 13.9. The number of nitrogens with zero attached hydrogens (tertiary/aromatic N) is 1. The van der Waals surface area contributed by atoms with Crippen LogP contribution in [0.15, 0.2) is 12.1 Å². The number of hydrogen-bond acceptors (Lipinski definition) is 2. The van der Waals surface area contributed by atoms with Crippen LogP contribution < -0.4 is 4.74 Å². The molecule has 0 radical (unpaired) electrons. The third-order valence-corrected chi connectivity index (χ3v) is 4.21. The Balaban J connectivity index is 1.86. The summed E-state index contributed by atoms with van der Waals surface area (Å²) < 4.78 is 19.6. The molecule has 3 heteroatoms. The Kier molecular flexibility index (Phi) is 3.02. The van der Waals surface area contributed by atoms with Crippen molar-refractivity contribution in [1.82, 2.24) is 4.90 Å². The molecule has 1 aromatic carbocycles. The van der Waals surface area contributed by atoms with Gasteiger partial charge in [0.25, 0.3) is 0 Å². The zero-order chi connectivity index (χ0) is 12.7. The van der Waals surface area contributed by atoms with Crippen molar-refractivity contribution in [2.75, 3.05) is 20.2 Å². The quantitative estimate of drug-likeness (QED) is 0.816. The molecule has 98 valence electrons. The van der Waals surface area contributed by atoms with Crippen molar-refractivity contribution in [2.24, 2.45) is 5.92 Å². The van der Waals surface area contributed by atoms with Crippen molar-refractivity contribution < 1.29 is 9.13 Å². The standard InChI is InChI=1S/C15H20FNO/c1-10-13-8-15(18-9-11-3-4-11)14(16)7-12(13)5-6-17(10)2/h7-8,10-11H,3-6,9H2,1-2H3/t10-/m1/s1. The van der Waals surface area contributed by atoms with E-state index < -0.39 is 0 Å². The summed E-state index contributed by atoms with van der Waals surface area (Å²) in [4.78, 5) is 2.30. The van der Waals surface area contributed by atoms with E-state index in [9.17, 15) is 4.39 Å². The molecule has 1 aromatic rings. The lowest BCUT2D eigenvalue weighted by molar-refractivity contribution is 0.243. The van der Waals surface area contributed by atoms with Gasteiger partial charge in [0.05, 0.1) is 6.61 Å². The van der Waals surface area contributed by atoms with Crippen LogP contribution in [0.2, 0.25) is 0 Å². The smallest absolute Gasteiger partial charge is 0.165 e. The van der Waals surface area contributed by atoms with E-state index in [1.807, 2.05) is 6.07 Å². The van der Waals surface area contributed by atoms with Crippen LogP contribution in [-0.2, 0) is 6.42 Å². The molecule has 0 unspecified atom stereocenters. The van der Waals surface area contributed by atoms with Crippen molar-refractivity contribution in [1.29, 1.82) is 0 Å². The van der Waals surface area contributed by atoms with Gasteiger partial charge in [-0.15, -0.1) is 0 Å². The van der Waals surface area contributed by atoms with Crippen LogP contribution in [0.5, 0.6) is 5.75 Å². The van der Waals surface area contributed by atoms with Gasteiger partial charge in [0.2, 0.25) is 0 Å². The molecule has 1 heterocycles. The summed E-state index contributed by atoms with van der Waals surface area (Å²) in [5.41, 5.74) is 2.35. The summed E-state index contributed by atoms with van der Waals surface area (Å²) in [5, 5.41) is 0. The number of fused-ring (bicyclic) bond motifs is 1. The highest BCUT2D eigenvalue weighted by molar-refractivity contribution is 5.40. The number of benzene rings is 1. The first kappa shape index (κ1) is 12.0. The van der Waals surface area contributed by atoms with Crippen LogP contribution >= 0.6 is 0 Å². The number of likely N-dealkylation sites (N-methyl/N-ethyl adjacent to an activating group) is 1. The molecular formula is C15H20FNO. The predicted octanol–water partition coefficient (Wildman–Crippen LogP) is 3.16. The van der Waals surface area contributed by atoms with Crippen LogP contribution in [0.3, 0.4) is 0 Å². The van der Waals surface area contributed by atoms with E-state index in [0.29, 0.717) is 24.3 Å². The maximum Gasteiger partial charge on any atom is 0.165 e. The highest BCUT2D eigenvalue weighted by atomic mass is 19.1. The Morgan fingerprint density at radius 1 is 1.39 bits per heavy atom. The maximum absolute atomic E-state index is 13.9. The van der Waals surface area contributed by atoms with Gasteiger partial charge in [-0.05, 0) is 62.4 Å². The average molecular weight is 249 g/mol. The van der Waals surface area contributed by atoms with E-state index in [0.717, 1.165) is 18.5 Å². The third-order valence-electron chi connectivity index (χ3n) is 4.21. The lowest BCUT2D eigenvalue weighted by Crippen LogP contribution is -2.30. The molecule has 1 atom stereocenters. The topological polar surface area (TPSA) is 12.5 Å². The van der Waals surface area contributed by atoms with Crippen LogP contribution in [0.4, 0.5) is 4.39 Å². The van der Waals surface area contributed by atoms with Crippen LogP contribution in [0, 0.1) is 11.7 Å². The fourth-order valence-corrected chi connectivity index (χ4v) is 2.55. The zero-order valence-electron chi connectivity index (χ0n) is 11.1. The molecule has 0 saturated heterocycles. The lowest BCUT2D eigenvalue weighted by atomic mass is 9.93. The fraction of sp³-hybridized carbons (Fsp3) is 0.600. The summed E-state index contributed by atoms with van der Waals surface area (Å²) >= 11 is 0. The lowest BCUT2D eigenvalue weighted by Gasteiger charge is -2.32. The van der Waals surface area contributed by atoms with Gasteiger partial charge in [0.15, 0.2) is 11.6 Å². The van der Waals surface area contributed by atoms with E-state index in [1.165, 1.54) is 18.4 Å². The third kappa shape index (κ3) is 2.24. The second kappa shape index (κ2) is 4.54. The number of halogens is 1. The molecule has 1 aliphatic heterocycles. The van der Waals surface area contributed by atoms with E-state index in [2.05, 4.69) is 18.9 Å². The highest BCUT2D eigenvalue weighted by Gasteiger charge is 2.25. The van der Waals surface area contributed by atoms with E-state index in [1.54, 1.807) is 6.07 Å². The summed E-state index contributed by atoms with van der Waals surface area (Å²) in [5.74, 6) is 0.884. The second-order valence-corrected chi connectivity index (χ2v) is 5.64. The summed E-state index contributed by atoms with van der Waals surface area (Å²) in [7, 11) is 2.11. The molecule has 2 aliphatic rings. The minimum absolute atomic E-state index is 0.203. The Hall–Kier alpha value is -1.09. The molecule has 1 saturated carbocycles. The minimum Gasteiger partial charge on any atom is -0.490 e. The second-order valence-electron chi connectivity index (χ2n) is 5.64. The molecule has 0 N–H and O–H groups in total. The van der Waals surface area contributed by atoms with E-state index >= 15 is 0 Å². The summed E-state index contributed by atoms with van der Waals surface area (Å²) in [6, 6.07) is 3.92. The van der Waals surface area contributed by atoms with Gasteiger partial charge in [0, 0.05) is 12.6 Å². The predicted molar refractivity (Wildman–Crippen MR) is 69.4 cm³/mol. The Morgan fingerprint density at radius 2 is 2.17 bits per heavy atom. The molecular weight excluding hydrogens is 229 g/mol. The number of ether oxygens (including phenoxy) is 1. The average Bonchev–Trinajstić information content (AvgIpc) is 3.16. The van der Waals surface area contributed by atoms with Gasteiger partial charge in [-0.25, -0.2) is 4.39 Å². The number of hydrogen-bond donors (Lipinski definition) is 0. The Labute approximate surface area is 108 Å². The molecule has 2 nitrogen and oxygen atoms in total. The van der Waals surface area contributed by atoms with Crippen LogP contribution in [0.25, 0.3) is 0 Å². The van der Waals surface area contributed by atoms with Gasteiger partial charge < -0.3 is 4.74 Å². The van der Waals surface area contributed by atoms with E-state index in [-0.39, 0.29) is 5.82 Å². The van der Waals surface area contributed by atoms with Gasteiger partial charge in [0.1, 0.15) is 0 Å². The van der Waals surface area contributed by atoms with Gasteiger partial charge in [-0.1, -0.05) is 0 Å². The van der Waals surface area contributed by atoms with Crippen LogP contribution in [-0.4, -0.2) is 25.1 Å². The van der Waals surface area contributed by atoms with Gasteiger partial charge in [-0.2, -0.15) is 0 Å². The molecule has 0 bridgehead atoms. The van der Waals surface area contributed by atoms with Crippen molar-refractivity contribution in [3.05, 3.63) is 29.1 Å². The van der Waals surface area contributed by atoms with Crippen LogP contribution in [0.1, 0.15) is 36.9 Å². The van der Waals surface area contributed by atoms with E-state index in [4.69, 9.17) is 4.74 Å². The SMILES string of the molecule is C[C@@H]1c2cc(OCC3CC3)c(F)cc2CCN1C. The normalized spacial score (nSPS) is 23.8. The number of rotatable bonds is 3. The summed E-state index contributed by atoms with van der Waals surface area (Å²) in [6.07, 6.45) is 3.38. The van der Waals surface area contributed by atoms with Crippen molar-refractivity contribution in [3.63, 3.8) is 0 Å². The van der Waals surface area contributed by atoms with Crippen molar-refractivity contribution >= 4 is 0 Å². The van der Waals surface area contributed by atoms with Gasteiger partial charge in [-0.3, -0.25) is 4.90 Å². The first-order chi connectivity index (χ1) is 8.65. The molecule has 18 heavy (non-hydrogen) atoms. The van der Waals surface area contributed by atoms with Crippen molar-refractivity contribution in [2.45, 2.75) is 32.2 Å². The minimum atomic E-state index is -0.203. The Bertz CT molecular complexity index is 456. The Morgan fingerprint density at radius 3 is 2.89 bits per heavy atom. The summed E-state index contributed by atoms with van der Waals surface area (Å²) in [6.45, 7) is 3.83. The highest BCUT2D eigenvalue weighted by Crippen LogP contribution is 2.34. The molecule has 0 spiro atoms. The molecule has 0 aromatic heterocycles. The first-order valence-electron chi connectivity index (χ1n) is 6.80. The molecule has 1 aliphatic carbocycles. The fourth-order valence-electron chi connectivity index (χ4n) is 2.55. The van der Waals surface area contributed by atoms with Crippen molar-refractivity contribution in [3.8, 4) is 5.75 Å². The largest absolute Gasteiger partial charge is 0.490 e. The zero-order valence-corrected chi connectivity index (χ0v) is 11.1. The van der Waals surface area contributed by atoms with Gasteiger partial charge >= 0.3 is 0 Å².